The van der Waals surface area contributed by atoms with Gasteiger partial charge in [0, 0.05) is 5.69 Å². The Morgan fingerprint density at radius 3 is 2.75 bits per heavy atom. The van der Waals surface area contributed by atoms with Crippen molar-refractivity contribution in [3.05, 3.63) is 33.7 Å². The fourth-order valence-corrected chi connectivity index (χ4v) is 1.00. The van der Waals surface area contributed by atoms with Crippen LogP contribution in [0.15, 0.2) is 16.9 Å². The Kier molecular flexibility index (Phi) is 2.60. The maximum absolute atomic E-state index is 11.2. The largest absolute Gasteiger partial charge is 0.486 e. The summed E-state index contributed by atoms with van der Waals surface area (Å²) in [6.07, 6.45) is 0. The molecule has 1 rings (SSSR count). The molecule has 0 unspecified atom stereocenters. The van der Waals surface area contributed by atoms with Crippen LogP contribution in [0.3, 0.4) is 0 Å². The normalized spacial score (nSPS) is 9.50. The van der Waals surface area contributed by atoms with Crippen LogP contribution in [0.5, 0.6) is 0 Å². The van der Waals surface area contributed by atoms with Crippen molar-refractivity contribution < 1.29 is 4.74 Å². The predicted molar refractivity (Wildman–Crippen MR) is 50.5 cm³/mol. The average Bonchev–Trinajstić information content (AvgIpc) is 2.03. The highest BCUT2D eigenvalue weighted by atomic mass is 32.1. The lowest BCUT2D eigenvalue weighted by Crippen LogP contribution is -2.18. The van der Waals surface area contributed by atoms with Gasteiger partial charge >= 0.3 is 0 Å². The van der Waals surface area contributed by atoms with Crippen molar-refractivity contribution in [1.29, 1.82) is 0 Å². The summed E-state index contributed by atoms with van der Waals surface area (Å²) in [5, 5.41) is 0.219. The van der Waals surface area contributed by atoms with Gasteiger partial charge in [-0.2, -0.15) is 0 Å². The minimum absolute atomic E-state index is 0.207. The number of methoxy groups -OCH3 is 1. The molecule has 3 nitrogen and oxygen atoms in total. The molecule has 1 aromatic rings. The number of H-pyrrole nitrogens is 1. The van der Waals surface area contributed by atoms with Crippen LogP contribution in [0.25, 0.3) is 0 Å². The lowest BCUT2D eigenvalue weighted by Gasteiger charge is -2.00. The highest BCUT2D eigenvalue weighted by Gasteiger charge is 2.04. The van der Waals surface area contributed by atoms with Crippen LogP contribution in [-0.2, 0) is 4.74 Å². The van der Waals surface area contributed by atoms with Gasteiger partial charge in [-0.15, -0.1) is 0 Å². The highest BCUT2D eigenvalue weighted by Crippen LogP contribution is 1.96. The van der Waals surface area contributed by atoms with Crippen molar-refractivity contribution in [3.8, 4) is 0 Å². The summed E-state index contributed by atoms with van der Waals surface area (Å²) in [4.78, 5) is 13.8. The molecule has 64 valence electrons. The summed E-state index contributed by atoms with van der Waals surface area (Å²) in [6, 6.07) is 3.43. The van der Waals surface area contributed by atoms with Crippen LogP contribution in [0.4, 0.5) is 0 Å². The Balaban J connectivity index is 3.19. The molecular weight excluding hydrogens is 174 g/mol. The molecule has 12 heavy (non-hydrogen) atoms. The second kappa shape index (κ2) is 3.49. The van der Waals surface area contributed by atoms with Crippen LogP contribution in [0.1, 0.15) is 11.3 Å². The second-order valence-electron chi connectivity index (χ2n) is 2.38. The minimum Gasteiger partial charge on any atom is -0.486 e. The van der Waals surface area contributed by atoms with E-state index in [1.807, 2.05) is 0 Å². The molecule has 0 aliphatic heterocycles. The zero-order valence-corrected chi connectivity index (χ0v) is 7.70. The molecule has 0 amide bonds. The van der Waals surface area contributed by atoms with Crippen molar-refractivity contribution in [3.63, 3.8) is 0 Å². The van der Waals surface area contributed by atoms with Crippen LogP contribution in [-0.4, -0.2) is 17.1 Å². The van der Waals surface area contributed by atoms with E-state index in [4.69, 9.17) is 17.0 Å². The first-order valence-electron chi connectivity index (χ1n) is 3.43. The number of rotatable bonds is 1. The van der Waals surface area contributed by atoms with Gasteiger partial charge in [0.25, 0.3) is 5.56 Å². The summed E-state index contributed by atoms with van der Waals surface area (Å²) >= 11 is 4.81. The summed E-state index contributed by atoms with van der Waals surface area (Å²) < 4.78 is 4.77. The second-order valence-corrected chi connectivity index (χ2v) is 2.75. The topological polar surface area (TPSA) is 42.1 Å². The van der Waals surface area contributed by atoms with Gasteiger partial charge in [0.05, 0.1) is 12.7 Å². The maximum atomic E-state index is 11.2. The van der Waals surface area contributed by atoms with E-state index in [2.05, 4.69) is 4.98 Å². The number of aromatic amines is 1. The van der Waals surface area contributed by atoms with Crippen LogP contribution in [0.2, 0.25) is 0 Å². The van der Waals surface area contributed by atoms with E-state index in [1.54, 1.807) is 19.1 Å². The van der Waals surface area contributed by atoms with E-state index in [0.29, 0.717) is 5.56 Å². The zero-order valence-electron chi connectivity index (χ0n) is 6.88. The third kappa shape index (κ3) is 1.71. The number of hydrogen-bond donors (Lipinski definition) is 1. The summed E-state index contributed by atoms with van der Waals surface area (Å²) in [5.41, 5.74) is 1.00. The molecular formula is C8H9NO2S. The Morgan fingerprint density at radius 1 is 1.58 bits per heavy atom. The van der Waals surface area contributed by atoms with E-state index in [-0.39, 0.29) is 10.6 Å². The van der Waals surface area contributed by atoms with Gasteiger partial charge in [-0.05, 0) is 31.3 Å². The van der Waals surface area contributed by atoms with Gasteiger partial charge < -0.3 is 9.72 Å². The zero-order chi connectivity index (χ0) is 9.14. The number of thiocarbonyl (C=S) groups is 1. The van der Waals surface area contributed by atoms with Gasteiger partial charge in [-0.3, -0.25) is 4.79 Å². The lowest BCUT2D eigenvalue weighted by molar-refractivity contribution is 0.415. The number of ether oxygens (including phenoxy) is 1. The Morgan fingerprint density at radius 2 is 2.25 bits per heavy atom. The molecule has 0 bridgehead atoms. The van der Waals surface area contributed by atoms with E-state index >= 15 is 0 Å². The molecule has 0 spiro atoms. The molecule has 0 saturated heterocycles. The van der Waals surface area contributed by atoms with Crippen molar-refractivity contribution in [1.82, 2.24) is 4.98 Å². The molecule has 0 atom stereocenters. The number of nitrogens with one attached hydrogen (secondary N) is 1. The minimum atomic E-state index is -0.207. The van der Waals surface area contributed by atoms with E-state index in [9.17, 15) is 4.79 Å². The highest BCUT2D eigenvalue weighted by molar-refractivity contribution is 7.80. The predicted octanol–water partition coefficient (Wildman–Crippen LogP) is 1.01. The fraction of sp³-hybridized carbons (Fsp3) is 0.250. The quantitative estimate of drug-likeness (QED) is 0.660. The number of hydrogen-bond acceptors (Lipinski definition) is 3. The van der Waals surface area contributed by atoms with Crippen molar-refractivity contribution in [2.45, 2.75) is 6.92 Å². The monoisotopic (exact) mass is 183 g/mol. The van der Waals surface area contributed by atoms with Gasteiger partial charge in [0.1, 0.15) is 0 Å². The number of pyridine rings is 1. The third-order valence-electron chi connectivity index (χ3n) is 1.46. The van der Waals surface area contributed by atoms with E-state index in [0.717, 1.165) is 5.69 Å². The number of aromatic nitrogens is 1. The molecule has 4 heteroatoms. The molecule has 0 fully saturated rings. The smallest absolute Gasteiger partial charge is 0.260 e. The van der Waals surface area contributed by atoms with E-state index < -0.39 is 0 Å². The summed E-state index contributed by atoms with van der Waals surface area (Å²) in [6.45, 7) is 1.81. The van der Waals surface area contributed by atoms with Gasteiger partial charge in [0.15, 0.2) is 5.05 Å². The van der Waals surface area contributed by atoms with Gasteiger partial charge in [-0.1, -0.05) is 0 Å². The number of aryl methyl sites for hydroxylation is 1. The van der Waals surface area contributed by atoms with E-state index in [1.165, 1.54) is 7.11 Å². The summed E-state index contributed by atoms with van der Waals surface area (Å²) in [5.74, 6) is 0. The van der Waals surface area contributed by atoms with Crippen LogP contribution >= 0.6 is 12.2 Å². The Hall–Kier alpha value is -1.16. The first kappa shape index (κ1) is 8.93. The van der Waals surface area contributed by atoms with Crippen LogP contribution < -0.4 is 5.56 Å². The first-order chi connectivity index (χ1) is 5.65. The SMILES string of the molecule is COC(=S)c1ccc(C)[nH]c1=O. The van der Waals surface area contributed by atoms with Crippen LogP contribution in [0, 0.1) is 6.92 Å². The Bertz CT molecular complexity index is 356. The molecule has 0 aliphatic rings. The molecule has 0 aliphatic carbocycles. The maximum Gasteiger partial charge on any atom is 0.260 e. The van der Waals surface area contributed by atoms with Crippen molar-refractivity contribution in [2.24, 2.45) is 0 Å². The Labute approximate surface area is 75.4 Å². The summed E-state index contributed by atoms with van der Waals surface area (Å²) in [7, 11) is 1.45. The van der Waals surface area contributed by atoms with Gasteiger partial charge in [-0.25, -0.2) is 0 Å². The average molecular weight is 183 g/mol. The lowest BCUT2D eigenvalue weighted by atomic mass is 10.2. The third-order valence-corrected chi connectivity index (χ3v) is 1.85. The standard InChI is InChI=1S/C8H9NO2S/c1-5-3-4-6(7(10)9-5)8(12)11-2/h3-4H,1-2H3,(H,9,10). The van der Waals surface area contributed by atoms with Crippen molar-refractivity contribution >= 4 is 17.3 Å². The van der Waals surface area contributed by atoms with Gasteiger partial charge in [0.2, 0.25) is 0 Å². The fourth-order valence-electron chi connectivity index (χ4n) is 0.843. The molecule has 0 saturated carbocycles. The first-order valence-corrected chi connectivity index (χ1v) is 3.84. The molecule has 1 N–H and O–H groups in total. The molecule has 1 aromatic heterocycles. The molecule has 0 radical (unpaired) electrons. The molecule has 0 aromatic carbocycles. The van der Waals surface area contributed by atoms with Crippen molar-refractivity contribution in [2.75, 3.05) is 7.11 Å². The molecule has 1 heterocycles.